The molecular weight excluding hydrogens is 232 g/mol. The van der Waals surface area contributed by atoms with Gasteiger partial charge in [-0.3, -0.25) is 9.59 Å². The van der Waals surface area contributed by atoms with Gasteiger partial charge >= 0.3 is 5.97 Å². The zero-order valence-corrected chi connectivity index (χ0v) is 11.2. The van der Waals surface area contributed by atoms with Crippen LogP contribution in [0.15, 0.2) is 0 Å². The van der Waals surface area contributed by atoms with Crippen LogP contribution in [0, 0.1) is 11.3 Å². The zero-order chi connectivity index (χ0) is 13.2. The molecule has 5 heteroatoms. The summed E-state index contributed by atoms with van der Waals surface area (Å²) in [5, 5.41) is 2.94. The predicted molar refractivity (Wildman–Crippen MR) is 66.9 cm³/mol. The Hall–Kier alpha value is -1.10. The topological polar surface area (TPSA) is 58.6 Å². The maximum Gasteiger partial charge on any atom is 0.321 e. The molecule has 2 rings (SSSR count). The van der Waals surface area contributed by atoms with Gasteiger partial charge in [0.1, 0.15) is 5.41 Å². The normalized spacial score (nSPS) is 26.4. The van der Waals surface area contributed by atoms with Crippen LogP contribution in [0.1, 0.15) is 25.7 Å². The Bertz CT molecular complexity index is 339. The molecule has 18 heavy (non-hydrogen) atoms. The number of methoxy groups -OCH3 is 1. The Morgan fingerprint density at radius 2 is 2.17 bits per heavy atom. The molecule has 102 valence electrons. The minimum Gasteiger partial charge on any atom is -0.468 e. The van der Waals surface area contributed by atoms with Crippen molar-refractivity contribution >= 4 is 11.9 Å². The highest BCUT2D eigenvalue weighted by molar-refractivity contribution is 6.03. The average Bonchev–Trinajstić information content (AvgIpc) is 2.70. The number of hydrogen-bond acceptors (Lipinski definition) is 4. The third-order valence-corrected chi connectivity index (χ3v) is 4.26. The van der Waals surface area contributed by atoms with Crippen molar-refractivity contribution < 1.29 is 14.3 Å². The van der Waals surface area contributed by atoms with Gasteiger partial charge in [-0.25, -0.2) is 0 Å². The van der Waals surface area contributed by atoms with Gasteiger partial charge < -0.3 is 15.0 Å². The van der Waals surface area contributed by atoms with Crippen LogP contribution in [0.25, 0.3) is 0 Å². The molecule has 1 aliphatic heterocycles. The van der Waals surface area contributed by atoms with E-state index in [0.717, 1.165) is 25.9 Å². The lowest BCUT2D eigenvalue weighted by atomic mass is 9.68. The molecule has 1 amide bonds. The van der Waals surface area contributed by atoms with E-state index in [0.29, 0.717) is 25.3 Å². The molecule has 2 aliphatic rings. The van der Waals surface area contributed by atoms with E-state index in [1.807, 2.05) is 0 Å². The fraction of sp³-hybridized carbons (Fsp3) is 0.846. The molecule has 0 bridgehead atoms. The minimum atomic E-state index is -0.890. The van der Waals surface area contributed by atoms with Crippen LogP contribution >= 0.6 is 0 Å². The van der Waals surface area contributed by atoms with E-state index in [-0.39, 0.29) is 11.9 Å². The summed E-state index contributed by atoms with van der Waals surface area (Å²) in [6.07, 6.45) is 3.28. The summed E-state index contributed by atoms with van der Waals surface area (Å²) in [6, 6.07) is 0. The van der Waals surface area contributed by atoms with Crippen molar-refractivity contribution in [1.82, 2.24) is 10.2 Å². The van der Waals surface area contributed by atoms with Crippen LogP contribution in [0.4, 0.5) is 0 Å². The monoisotopic (exact) mass is 254 g/mol. The average molecular weight is 254 g/mol. The van der Waals surface area contributed by atoms with Gasteiger partial charge in [0.15, 0.2) is 0 Å². The Morgan fingerprint density at radius 1 is 1.44 bits per heavy atom. The number of hydrogen-bond donors (Lipinski definition) is 1. The highest BCUT2D eigenvalue weighted by atomic mass is 16.5. The van der Waals surface area contributed by atoms with Gasteiger partial charge in [0.25, 0.3) is 0 Å². The number of likely N-dealkylation sites (tertiary alicyclic amines) is 1. The van der Waals surface area contributed by atoms with Crippen molar-refractivity contribution in [3.05, 3.63) is 0 Å². The molecule has 1 atom stereocenters. The van der Waals surface area contributed by atoms with Gasteiger partial charge in [-0.2, -0.15) is 0 Å². The third-order valence-electron chi connectivity index (χ3n) is 4.26. The second-order valence-electron chi connectivity index (χ2n) is 5.55. The molecule has 1 unspecified atom stereocenters. The first-order chi connectivity index (χ1) is 8.58. The lowest BCUT2D eigenvalue weighted by Gasteiger charge is -2.37. The first-order valence-electron chi connectivity index (χ1n) is 6.64. The molecule has 1 saturated heterocycles. The third kappa shape index (κ3) is 2.36. The van der Waals surface area contributed by atoms with Crippen LogP contribution in [-0.2, 0) is 14.3 Å². The Kier molecular flexibility index (Phi) is 3.90. The molecular formula is C13H22N2O3. The second kappa shape index (κ2) is 5.26. The Balaban J connectivity index is 1.85. The number of ether oxygens (including phenoxy) is 1. The summed E-state index contributed by atoms with van der Waals surface area (Å²) in [5.74, 6) is -0.0151. The maximum atomic E-state index is 12.2. The smallest absolute Gasteiger partial charge is 0.321 e. The van der Waals surface area contributed by atoms with Gasteiger partial charge in [-0.1, -0.05) is 6.42 Å². The number of esters is 1. The molecule has 1 heterocycles. The predicted octanol–water partition coefficient (Wildman–Crippen LogP) is 0.398. The van der Waals surface area contributed by atoms with Gasteiger partial charge in [0.2, 0.25) is 5.91 Å². The van der Waals surface area contributed by atoms with Crippen LogP contribution in [0.3, 0.4) is 0 Å². The summed E-state index contributed by atoms with van der Waals surface area (Å²) < 4.78 is 4.76. The van der Waals surface area contributed by atoms with Crippen molar-refractivity contribution in [3.63, 3.8) is 0 Å². The number of rotatable bonds is 4. The van der Waals surface area contributed by atoms with Crippen LogP contribution in [0.5, 0.6) is 0 Å². The van der Waals surface area contributed by atoms with Gasteiger partial charge in [-0.05, 0) is 38.8 Å². The first kappa shape index (κ1) is 13.3. The molecule has 1 N–H and O–H groups in total. The number of nitrogens with zero attached hydrogens (tertiary/aromatic N) is 1. The van der Waals surface area contributed by atoms with Crippen molar-refractivity contribution in [3.8, 4) is 0 Å². The summed E-state index contributed by atoms with van der Waals surface area (Å²) in [6.45, 7) is 2.77. The molecule has 0 aromatic rings. The van der Waals surface area contributed by atoms with E-state index in [9.17, 15) is 9.59 Å². The van der Waals surface area contributed by atoms with Crippen molar-refractivity contribution in [2.45, 2.75) is 25.7 Å². The molecule has 1 aliphatic carbocycles. The van der Waals surface area contributed by atoms with E-state index in [1.165, 1.54) is 7.11 Å². The second-order valence-corrected chi connectivity index (χ2v) is 5.55. The molecule has 0 aromatic carbocycles. The Morgan fingerprint density at radius 3 is 2.61 bits per heavy atom. The number of amides is 1. The molecule has 2 fully saturated rings. The van der Waals surface area contributed by atoms with Crippen LogP contribution < -0.4 is 5.32 Å². The summed E-state index contributed by atoms with van der Waals surface area (Å²) in [7, 11) is 3.44. The zero-order valence-electron chi connectivity index (χ0n) is 11.2. The van der Waals surface area contributed by atoms with E-state index in [1.54, 1.807) is 0 Å². The van der Waals surface area contributed by atoms with Gasteiger partial charge in [0.05, 0.1) is 7.11 Å². The lowest BCUT2D eigenvalue weighted by molar-refractivity contribution is -0.165. The highest BCUT2D eigenvalue weighted by Crippen LogP contribution is 2.42. The fourth-order valence-electron chi connectivity index (χ4n) is 2.85. The van der Waals surface area contributed by atoms with E-state index in [2.05, 4.69) is 17.3 Å². The number of carbonyl (C=O) groups is 2. The van der Waals surface area contributed by atoms with Gasteiger partial charge in [0, 0.05) is 13.1 Å². The minimum absolute atomic E-state index is 0.143. The first-order valence-corrected chi connectivity index (χ1v) is 6.64. The van der Waals surface area contributed by atoms with E-state index < -0.39 is 5.41 Å². The van der Waals surface area contributed by atoms with Crippen LogP contribution in [-0.4, -0.2) is 50.6 Å². The SMILES string of the molecule is COC(=O)C1(C(=O)NCC2CCN(C)C2)CCC1. The largest absolute Gasteiger partial charge is 0.468 e. The molecule has 1 saturated carbocycles. The molecule has 0 aromatic heterocycles. The Labute approximate surface area is 108 Å². The molecule has 0 spiro atoms. The van der Waals surface area contributed by atoms with Crippen molar-refractivity contribution in [2.24, 2.45) is 11.3 Å². The quantitative estimate of drug-likeness (QED) is 0.583. The summed E-state index contributed by atoms with van der Waals surface area (Å²) in [4.78, 5) is 26.1. The maximum absolute atomic E-state index is 12.2. The molecule has 0 radical (unpaired) electrons. The van der Waals surface area contributed by atoms with Crippen LogP contribution in [0.2, 0.25) is 0 Å². The van der Waals surface area contributed by atoms with E-state index in [4.69, 9.17) is 4.74 Å². The summed E-state index contributed by atoms with van der Waals surface area (Å²) in [5.41, 5.74) is -0.890. The highest BCUT2D eigenvalue weighted by Gasteiger charge is 2.51. The van der Waals surface area contributed by atoms with Gasteiger partial charge in [-0.15, -0.1) is 0 Å². The number of carbonyl (C=O) groups excluding carboxylic acids is 2. The standard InChI is InChI=1S/C13H22N2O3/c1-15-7-4-10(9-15)8-14-11(16)13(5-3-6-13)12(17)18-2/h10H,3-9H2,1-2H3,(H,14,16). The molecule has 5 nitrogen and oxygen atoms in total. The van der Waals surface area contributed by atoms with Crippen molar-refractivity contribution in [1.29, 1.82) is 0 Å². The summed E-state index contributed by atoms with van der Waals surface area (Å²) >= 11 is 0. The fourth-order valence-corrected chi connectivity index (χ4v) is 2.85. The van der Waals surface area contributed by atoms with Crippen molar-refractivity contribution in [2.75, 3.05) is 33.8 Å². The lowest BCUT2D eigenvalue weighted by Crippen LogP contribution is -2.52. The van der Waals surface area contributed by atoms with E-state index >= 15 is 0 Å². The number of nitrogens with one attached hydrogen (secondary N) is 1.